The number of halogens is 1. The number of nitrogens with one attached hydrogen (secondary N) is 1. The molecule has 1 aromatic carbocycles. The number of carboxylic acids is 1. The van der Waals surface area contributed by atoms with Crippen molar-refractivity contribution in [2.45, 2.75) is 19.1 Å². The predicted molar refractivity (Wildman–Crippen MR) is 66.4 cm³/mol. The first kappa shape index (κ1) is 14.5. The summed E-state index contributed by atoms with van der Waals surface area (Å²) < 4.78 is 0.585. The molecule has 0 aliphatic carbocycles. The number of hydrogen-bond acceptors (Lipinski definition) is 4. The zero-order chi connectivity index (χ0) is 13.9. The van der Waals surface area contributed by atoms with Gasteiger partial charge in [0.1, 0.15) is 5.75 Å². The van der Waals surface area contributed by atoms with Crippen molar-refractivity contribution in [3.63, 3.8) is 0 Å². The summed E-state index contributed by atoms with van der Waals surface area (Å²) in [5, 5.41) is 29.7. The molecular formula is C11H12BrNO5. The lowest BCUT2D eigenvalue weighted by molar-refractivity contribution is -0.141. The number of carbonyl (C=O) groups is 2. The predicted octanol–water partition coefficient (Wildman–Crippen LogP) is 0.718. The van der Waals surface area contributed by atoms with Crippen LogP contribution in [0.1, 0.15) is 17.3 Å². The topological polar surface area (TPSA) is 107 Å². The van der Waals surface area contributed by atoms with Crippen molar-refractivity contribution in [2.24, 2.45) is 0 Å². The van der Waals surface area contributed by atoms with Gasteiger partial charge >= 0.3 is 5.97 Å². The summed E-state index contributed by atoms with van der Waals surface area (Å²) >= 11 is 3.12. The lowest BCUT2D eigenvalue weighted by Crippen LogP contribution is -2.47. The van der Waals surface area contributed by atoms with Gasteiger partial charge in [0.2, 0.25) is 0 Å². The highest BCUT2D eigenvalue weighted by Crippen LogP contribution is 2.22. The van der Waals surface area contributed by atoms with Crippen LogP contribution in [0.5, 0.6) is 5.75 Å². The lowest BCUT2D eigenvalue weighted by Gasteiger charge is -2.17. The van der Waals surface area contributed by atoms with E-state index in [1.807, 2.05) is 0 Å². The van der Waals surface area contributed by atoms with E-state index >= 15 is 0 Å². The van der Waals surface area contributed by atoms with Crippen molar-refractivity contribution < 1.29 is 24.9 Å². The van der Waals surface area contributed by atoms with Crippen LogP contribution in [0.4, 0.5) is 0 Å². The molecule has 0 unspecified atom stereocenters. The first-order valence-electron chi connectivity index (χ1n) is 5.03. The van der Waals surface area contributed by atoms with Crippen molar-refractivity contribution in [2.75, 3.05) is 0 Å². The number of amides is 1. The number of carbonyl (C=O) groups excluding carboxylic acids is 1. The van der Waals surface area contributed by atoms with Crippen molar-refractivity contribution >= 4 is 27.8 Å². The Morgan fingerprint density at radius 1 is 1.39 bits per heavy atom. The number of aliphatic hydroxyl groups is 1. The minimum absolute atomic E-state index is 0.0647. The van der Waals surface area contributed by atoms with Gasteiger partial charge in [-0.05, 0) is 25.1 Å². The summed E-state index contributed by atoms with van der Waals surface area (Å²) in [5.41, 5.74) is -0.0647. The number of phenols is 1. The van der Waals surface area contributed by atoms with Gasteiger partial charge in [0.25, 0.3) is 5.91 Å². The number of aliphatic hydroxyl groups excluding tert-OH is 1. The number of phenolic OH excluding ortho intramolecular Hbond substituents is 1. The number of aliphatic carboxylic acids is 1. The van der Waals surface area contributed by atoms with Crippen LogP contribution in [0.15, 0.2) is 22.7 Å². The summed E-state index contributed by atoms with van der Waals surface area (Å²) in [7, 11) is 0. The Morgan fingerprint density at radius 2 is 2.00 bits per heavy atom. The van der Waals surface area contributed by atoms with Crippen molar-refractivity contribution in [1.29, 1.82) is 0 Å². The van der Waals surface area contributed by atoms with Gasteiger partial charge in [0.05, 0.1) is 11.7 Å². The molecular weight excluding hydrogens is 306 g/mol. The fourth-order valence-corrected chi connectivity index (χ4v) is 1.65. The Morgan fingerprint density at radius 3 is 2.44 bits per heavy atom. The molecule has 98 valence electrons. The SMILES string of the molecule is C[C@@H](O)[C@H](NC(=O)c1ccc(Br)cc1O)C(=O)O. The fourth-order valence-electron chi connectivity index (χ4n) is 1.30. The molecule has 1 aromatic rings. The Labute approximate surface area is 111 Å². The lowest BCUT2D eigenvalue weighted by atomic mass is 10.1. The van der Waals surface area contributed by atoms with Crippen LogP contribution in [-0.4, -0.2) is 39.3 Å². The van der Waals surface area contributed by atoms with Gasteiger partial charge in [-0.15, -0.1) is 0 Å². The maximum Gasteiger partial charge on any atom is 0.328 e. The van der Waals surface area contributed by atoms with Crippen LogP contribution >= 0.6 is 15.9 Å². The molecule has 0 aromatic heterocycles. The molecule has 0 aliphatic rings. The Bertz CT molecular complexity index is 475. The summed E-state index contributed by atoms with van der Waals surface area (Å²) in [6, 6.07) is 2.76. The van der Waals surface area contributed by atoms with Crippen LogP contribution in [0.3, 0.4) is 0 Å². The highest BCUT2D eigenvalue weighted by molar-refractivity contribution is 9.10. The summed E-state index contributed by atoms with van der Waals surface area (Å²) in [6.45, 7) is 1.25. The number of benzene rings is 1. The van der Waals surface area contributed by atoms with Crippen LogP contribution < -0.4 is 5.32 Å². The molecule has 4 N–H and O–H groups in total. The second kappa shape index (κ2) is 5.83. The molecule has 1 rings (SSSR count). The molecule has 0 radical (unpaired) electrons. The maximum absolute atomic E-state index is 11.7. The zero-order valence-electron chi connectivity index (χ0n) is 9.42. The van der Waals surface area contributed by atoms with E-state index in [9.17, 15) is 19.8 Å². The van der Waals surface area contributed by atoms with E-state index in [4.69, 9.17) is 5.11 Å². The van der Waals surface area contributed by atoms with Crippen LogP contribution in [0.2, 0.25) is 0 Å². The first-order valence-corrected chi connectivity index (χ1v) is 5.82. The average Bonchev–Trinajstić information content (AvgIpc) is 2.24. The van der Waals surface area contributed by atoms with Crippen molar-refractivity contribution in [1.82, 2.24) is 5.32 Å². The standard InChI is InChI=1S/C11H12BrNO5/c1-5(14)9(11(17)18)13-10(16)7-3-2-6(12)4-8(7)15/h2-5,9,14-15H,1H3,(H,13,16)(H,17,18)/t5-,9+/m1/s1. The quantitative estimate of drug-likeness (QED) is 0.654. The van der Waals surface area contributed by atoms with Crippen molar-refractivity contribution in [3.05, 3.63) is 28.2 Å². The summed E-state index contributed by atoms with van der Waals surface area (Å²) in [6.07, 6.45) is -1.25. The van der Waals surface area contributed by atoms with E-state index in [-0.39, 0.29) is 11.3 Å². The Hall–Kier alpha value is -1.60. The Kier molecular flexibility index (Phi) is 4.69. The molecule has 2 atom stereocenters. The summed E-state index contributed by atoms with van der Waals surface area (Å²) in [4.78, 5) is 22.5. The molecule has 0 spiro atoms. The van der Waals surface area contributed by atoms with Gasteiger partial charge in [0.15, 0.2) is 6.04 Å². The van der Waals surface area contributed by atoms with Gasteiger partial charge in [-0.2, -0.15) is 0 Å². The van der Waals surface area contributed by atoms with Gasteiger partial charge in [0, 0.05) is 4.47 Å². The molecule has 0 aliphatic heterocycles. The van der Waals surface area contributed by atoms with Crippen LogP contribution in [-0.2, 0) is 4.79 Å². The zero-order valence-corrected chi connectivity index (χ0v) is 11.0. The normalized spacial score (nSPS) is 13.7. The molecule has 18 heavy (non-hydrogen) atoms. The van der Waals surface area contributed by atoms with E-state index < -0.39 is 24.0 Å². The van der Waals surface area contributed by atoms with Crippen molar-refractivity contribution in [3.8, 4) is 5.75 Å². The minimum Gasteiger partial charge on any atom is -0.507 e. The van der Waals surface area contributed by atoms with E-state index in [1.54, 1.807) is 0 Å². The molecule has 0 saturated heterocycles. The number of rotatable bonds is 4. The van der Waals surface area contributed by atoms with E-state index in [1.165, 1.54) is 25.1 Å². The van der Waals surface area contributed by atoms with Gasteiger partial charge in [-0.25, -0.2) is 4.79 Å². The third kappa shape index (κ3) is 3.44. The van der Waals surface area contributed by atoms with Gasteiger partial charge in [-0.1, -0.05) is 15.9 Å². The number of carboxylic acid groups (broad SMARTS) is 1. The fraction of sp³-hybridized carbons (Fsp3) is 0.273. The minimum atomic E-state index is -1.43. The van der Waals surface area contributed by atoms with Gasteiger partial charge in [-0.3, -0.25) is 4.79 Å². The number of hydrogen-bond donors (Lipinski definition) is 4. The molecule has 6 nitrogen and oxygen atoms in total. The third-order valence-corrected chi connectivity index (χ3v) is 2.73. The second-order valence-corrected chi connectivity index (χ2v) is 4.61. The molecule has 0 bridgehead atoms. The largest absolute Gasteiger partial charge is 0.507 e. The molecule has 0 heterocycles. The maximum atomic E-state index is 11.7. The first-order chi connectivity index (χ1) is 8.32. The van der Waals surface area contributed by atoms with Crippen LogP contribution in [0.25, 0.3) is 0 Å². The Balaban J connectivity index is 2.91. The number of aromatic hydroxyl groups is 1. The molecule has 0 saturated carbocycles. The third-order valence-electron chi connectivity index (χ3n) is 2.24. The highest BCUT2D eigenvalue weighted by Gasteiger charge is 2.26. The van der Waals surface area contributed by atoms with Crippen LogP contribution in [0, 0.1) is 0 Å². The molecule has 7 heteroatoms. The highest BCUT2D eigenvalue weighted by atomic mass is 79.9. The average molecular weight is 318 g/mol. The molecule has 1 amide bonds. The van der Waals surface area contributed by atoms with E-state index in [0.29, 0.717) is 4.47 Å². The van der Waals surface area contributed by atoms with E-state index in [2.05, 4.69) is 21.2 Å². The smallest absolute Gasteiger partial charge is 0.328 e. The molecule has 0 fully saturated rings. The monoisotopic (exact) mass is 317 g/mol. The van der Waals surface area contributed by atoms with E-state index in [0.717, 1.165) is 0 Å². The summed E-state index contributed by atoms with van der Waals surface area (Å²) in [5.74, 6) is -2.40. The second-order valence-electron chi connectivity index (χ2n) is 3.69. The van der Waals surface area contributed by atoms with Gasteiger partial charge < -0.3 is 20.6 Å².